The van der Waals surface area contributed by atoms with Gasteiger partial charge in [-0.25, -0.2) is 4.98 Å². The van der Waals surface area contributed by atoms with E-state index in [9.17, 15) is 4.79 Å². The van der Waals surface area contributed by atoms with Gasteiger partial charge in [-0.2, -0.15) is 0 Å². The minimum atomic E-state index is -0.0176. The largest absolute Gasteiger partial charge is 0.326 e. The fourth-order valence-corrected chi connectivity index (χ4v) is 2.53. The molecular weight excluding hydrogens is 280 g/mol. The predicted octanol–water partition coefficient (Wildman–Crippen LogP) is 3.98. The molecule has 3 nitrogen and oxygen atoms in total. The highest BCUT2D eigenvalue weighted by Gasteiger charge is 2.07. The van der Waals surface area contributed by atoms with Crippen LogP contribution in [0.25, 0.3) is 0 Å². The topological polar surface area (TPSA) is 42.0 Å². The number of nitrogens with zero attached hydrogens (tertiary/aromatic N) is 1. The van der Waals surface area contributed by atoms with Gasteiger partial charge in [0.15, 0.2) is 0 Å². The van der Waals surface area contributed by atoms with Gasteiger partial charge in [-0.05, 0) is 38.0 Å². The number of amides is 1. The van der Waals surface area contributed by atoms with Crippen molar-refractivity contribution in [2.75, 3.05) is 5.32 Å². The molecular formula is C14H15ClN2OS. The molecule has 0 aliphatic heterocycles. The molecule has 0 saturated carbocycles. The van der Waals surface area contributed by atoms with Gasteiger partial charge in [0.05, 0.1) is 10.7 Å². The van der Waals surface area contributed by atoms with Crippen molar-refractivity contribution >= 4 is 34.5 Å². The molecule has 0 radical (unpaired) electrons. The molecule has 100 valence electrons. The van der Waals surface area contributed by atoms with Gasteiger partial charge in [-0.15, -0.1) is 11.3 Å². The molecule has 5 heteroatoms. The molecule has 1 N–H and O–H groups in total. The van der Waals surface area contributed by atoms with E-state index in [1.165, 1.54) is 0 Å². The number of thiazole rings is 1. The van der Waals surface area contributed by atoms with E-state index in [0.29, 0.717) is 17.9 Å². The number of aryl methyl sites for hydroxylation is 3. The Hall–Kier alpha value is -1.39. The van der Waals surface area contributed by atoms with E-state index in [2.05, 4.69) is 10.3 Å². The minimum absolute atomic E-state index is 0.0176. The standard InChI is InChI=1S/C14H15ClN2OS/c1-9-3-4-11(15)7-13(9)17-14(18)6-5-12-8-19-10(2)16-12/h3-4,7-8H,5-6H2,1-2H3,(H,17,18). The number of benzene rings is 1. The van der Waals surface area contributed by atoms with Crippen LogP contribution < -0.4 is 5.32 Å². The molecule has 0 unspecified atom stereocenters. The number of halogens is 1. The van der Waals surface area contributed by atoms with E-state index in [4.69, 9.17) is 11.6 Å². The lowest BCUT2D eigenvalue weighted by Crippen LogP contribution is -2.13. The van der Waals surface area contributed by atoms with Crippen LogP contribution in [0.1, 0.15) is 22.7 Å². The Balaban J connectivity index is 1.92. The average Bonchev–Trinajstić information content (AvgIpc) is 2.77. The zero-order valence-electron chi connectivity index (χ0n) is 10.9. The van der Waals surface area contributed by atoms with Crippen LogP contribution in [0.15, 0.2) is 23.6 Å². The first-order chi connectivity index (χ1) is 9.04. The van der Waals surface area contributed by atoms with Gasteiger partial charge in [0.2, 0.25) is 5.91 Å². The van der Waals surface area contributed by atoms with Crippen molar-refractivity contribution < 1.29 is 4.79 Å². The third-order valence-corrected chi connectivity index (χ3v) is 3.81. The Labute approximate surface area is 121 Å². The number of hydrogen-bond acceptors (Lipinski definition) is 3. The first-order valence-electron chi connectivity index (χ1n) is 6.01. The van der Waals surface area contributed by atoms with Crippen LogP contribution in [0.5, 0.6) is 0 Å². The molecule has 0 saturated heterocycles. The van der Waals surface area contributed by atoms with E-state index in [0.717, 1.165) is 22.0 Å². The summed E-state index contributed by atoms with van der Waals surface area (Å²) in [5.74, 6) is -0.0176. The number of nitrogens with one attached hydrogen (secondary N) is 1. The summed E-state index contributed by atoms with van der Waals surface area (Å²) in [4.78, 5) is 16.2. The summed E-state index contributed by atoms with van der Waals surface area (Å²) in [6.07, 6.45) is 1.09. The van der Waals surface area contributed by atoms with Gasteiger partial charge in [0.1, 0.15) is 0 Å². The molecule has 2 aromatic rings. The smallest absolute Gasteiger partial charge is 0.224 e. The van der Waals surface area contributed by atoms with Crippen LogP contribution in [0.3, 0.4) is 0 Å². The van der Waals surface area contributed by atoms with E-state index in [-0.39, 0.29) is 5.91 Å². The molecule has 1 aromatic carbocycles. The third kappa shape index (κ3) is 4.04. The lowest BCUT2D eigenvalue weighted by molar-refractivity contribution is -0.116. The van der Waals surface area contributed by atoms with Gasteiger partial charge < -0.3 is 5.32 Å². The molecule has 1 amide bonds. The number of hydrogen-bond donors (Lipinski definition) is 1. The SMILES string of the molecule is Cc1nc(CCC(=O)Nc2cc(Cl)ccc2C)cs1. The molecule has 0 spiro atoms. The lowest BCUT2D eigenvalue weighted by atomic mass is 10.2. The molecule has 0 aliphatic rings. The van der Waals surface area contributed by atoms with Crippen molar-refractivity contribution in [3.8, 4) is 0 Å². The van der Waals surface area contributed by atoms with Crippen molar-refractivity contribution in [1.82, 2.24) is 4.98 Å². The van der Waals surface area contributed by atoms with Crippen LogP contribution in [-0.4, -0.2) is 10.9 Å². The maximum absolute atomic E-state index is 11.9. The van der Waals surface area contributed by atoms with Gasteiger partial charge in [0, 0.05) is 22.5 Å². The highest BCUT2D eigenvalue weighted by molar-refractivity contribution is 7.09. The predicted molar refractivity (Wildman–Crippen MR) is 80.0 cm³/mol. The fraction of sp³-hybridized carbons (Fsp3) is 0.286. The number of carbonyl (C=O) groups excluding carboxylic acids is 1. The van der Waals surface area contributed by atoms with Crippen LogP contribution in [-0.2, 0) is 11.2 Å². The Bertz CT molecular complexity index is 595. The molecule has 19 heavy (non-hydrogen) atoms. The summed E-state index contributed by atoms with van der Waals surface area (Å²) in [7, 11) is 0. The van der Waals surface area contributed by atoms with Crippen molar-refractivity contribution in [1.29, 1.82) is 0 Å². The Kier molecular flexibility index (Phi) is 4.56. The van der Waals surface area contributed by atoms with Gasteiger partial charge in [0.25, 0.3) is 0 Å². The third-order valence-electron chi connectivity index (χ3n) is 2.75. The lowest BCUT2D eigenvalue weighted by Gasteiger charge is -2.08. The van der Waals surface area contributed by atoms with Crippen molar-refractivity contribution in [3.63, 3.8) is 0 Å². The van der Waals surface area contributed by atoms with Crippen LogP contribution in [0, 0.1) is 13.8 Å². The van der Waals surface area contributed by atoms with E-state index in [1.54, 1.807) is 17.4 Å². The molecule has 0 bridgehead atoms. The number of rotatable bonds is 4. The number of anilines is 1. The highest BCUT2D eigenvalue weighted by atomic mass is 35.5. The summed E-state index contributed by atoms with van der Waals surface area (Å²) in [5, 5.41) is 6.52. The molecule has 0 aliphatic carbocycles. The van der Waals surface area contributed by atoms with Crippen molar-refractivity contribution in [3.05, 3.63) is 44.9 Å². The maximum atomic E-state index is 11.9. The van der Waals surface area contributed by atoms with Gasteiger partial charge in [-0.3, -0.25) is 4.79 Å². The summed E-state index contributed by atoms with van der Waals surface area (Å²) in [6, 6.07) is 5.47. The van der Waals surface area contributed by atoms with E-state index < -0.39 is 0 Å². The molecule has 0 atom stereocenters. The summed E-state index contributed by atoms with van der Waals surface area (Å²) >= 11 is 7.52. The Morgan fingerprint density at radius 2 is 2.21 bits per heavy atom. The zero-order chi connectivity index (χ0) is 13.8. The summed E-state index contributed by atoms with van der Waals surface area (Å²) in [6.45, 7) is 3.90. The van der Waals surface area contributed by atoms with Crippen molar-refractivity contribution in [2.45, 2.75) is 26.7 Å². The van der Waals surface area contributed by atoms with E-state index in [1.807, 2.05) is 31.4 Å². The Morgan fingerprint density at radius 3 is 2.89 bits per heavy atom. The zero-order valence-corrected chi connectivity index (χ0v) is 12.4. The molecule has 1 aromatic heterocycles. The van der Waals surface area contributed by atoms with E-state index >= 15 is 0 Å². The average molecular weight is 295 g/mol. The second kappa shape index (κ2) is 6.17. The van der Waals surface area contributed by atoms with Crippen LogP contribution in [0.2, 0.25) is 5.02 Å². The summed E-state index contributed by atoms with van der Waals surface area (Å²) in [5.41, 5.74) is 2.75. The van der Waals surface area contributed by atoms with Crippen LogP contribution in [0.4, 0.5) is 5.69 Å². The van der Waals surface area contributed by atoms with Crippen molar-refractivity contribution in [2.24, 2.45) is 0 Å². The maximum Gasteiger partial charge on any atom is 0.224 e. The minimum Gasteiger partial charge on any atom is -0.326 e. The quantitative estimate of drug-likeness (QED) is 0.926. The number of aromatic nitrogens is 1. The first kappa shape index (κ1) is 14.0. The second-order valence-corrected chi connectivity index (χ2v) is 5.86. The monoisotopic (exact) mass is 294 g/mol. The molecule has 1 heterocycles. The molecule has 2 rings (SSSR count). The highest BCUT2D eigenvalue weighted by Crippen LogP contribution is 2.20. The van der Waals surface area contributed by atoms with Gasteiger partial charge >= 0.3 is 0 Å². The summed E-state index contributed by atoms with van der Waals surface area (Å²) < 4.78 is 0. The fourth-order valence-electron chi connectivity index (χ4n) is 1.71. The normalized spacial score (nSPS) is 10.5. The first-order valence-corrected chi connectivity index (χ1v) is 7.27. The van der Waals surface area contributed by atoms with Crippen LogP contribution >= 0.6 is 22.9 Å². The van der Waals surface area contributed by atoms with Gasteiger partial charge in [-0.1, -0.05) is 17.7 Å². The molecule has 0 fully saturated rings. The number of carbonyl (C=O) groups is 1. The Morgan fingerprint density at radius 1 is 1.42 bits per heavy atom. The second-order valence-electron chi connectivity index (χ2n) is 4.37.